The van der Waals surface area contributed by atoms with E-state index in [0.717, 1.165) is 10.4 Å². The normalized spacial score (nSPS) is 11.4. The summed E-state index contributed by atoms with van der Waals surface area (Å²) < 4.78 is 32.1. The molecule has 0 bridgehead atoms. The first-order chi connectivity index (χ1) is 11.4. The minimum absolute atomic E-state index is 0.0381. The van der Waals surface area contributed by atoms with E-state index in [0.29, 0.717) is 11.3 Å². The molecule has 0 spiro atoms. The largest absolute Gasteiger partial charge is 0.495 e. The lowest BCUT2D eigenvalue weighted by atomic mass is 10.2. The molecule has 24 heavy (non-hydrogen) atoms. The number of nitrogens with zero attached hydrogens (tertiary/aromatic N) is 1. The van der Waals surface area contributed by atoms with Crippen molar-refractivity contribution in [3.8, 4) is 5.75 Å². The van der Waals surface area contributed by atoms with Gasteiger partial charge in [-0.1, -0.05) is 24.3 Å². The van der Waals surface area contributed by atoms with Crippen molar-refractivity contribution in [3.05, 3.63) is 60.2 Å². The van der Waals surface area contributed by atoms with Crippen LogP contribution in [0.25, 0.3) is 6.08 Å². The Morgan fingerprint density at radius 3 is 2.42 bits per heavy atom. The molecule has 0 unspecified atom stereocenters. The van der Waals surface area contributed by atoms with Crippen molar-refractivity contribution in [2.45, 2.75) is 4.90 Å². The number of methoxy groups -OCH3 is 1. The Morgan fingerprint density at radius 2 is 1.83 bits per heavy atom. The van der Waals surface area contributed by atoms with Crippen molar-refractivity contribution in [3.63, 3.8) is 0 Å². The standard InChI is InChI=1S/C17H17NO5S/c1-18(14-6-4-3-5-7-14)24(21,22)16-12-13(9-11-17(19)20)8-10-15(16)23-2/h3-12H,1-2H3,(H,19,20)/b11-9+. The molecule has 0 aliphatic heterocycles. The lowest BCUT2D eigenvalue weighted by Gasteiger charge is -2.21. The maximum atomic E-state index is 12.9. The maximum absolute atomic E-state index is 12.9. The van der Waals surface area contributed by atoms with Crippen molar-refractivity contribution in [2.24, 2.45) is 0 Å². The second-order valence-electron chi connectivity index (χ2n) is 4.89. The van der Waals surface area contributed by atoms with Gasteiger partial charge in [0.25, 0.3) is 10.0 Å². The number of carboxylic acid groups (broad SMARTS) is 1. The molecule has 0 heterocycles. The second-order valence-corrected chi connectivity index (χ2v) is 6.83. The summed E-state index contributed by atoms with van der Waals surface area (Å²) in [4.78, 5) is 10.6. The van der Waals surface area contributed by atoms with Gasteiger partial charge in [0, 0.05) is 13.1 Å². The number of carbonyl (C=O) groups is 1. The molecule has 2 rings (SSSR count). The predicted octanol–water partition coefficient (Wildman–Crippen LogP) is 2.62. The van der Waals surface area contributed by atoms with Gasteiger partial charge in [0.1, 0.15) is 10.6 Å². The SMILES string of the molecule is COc1ccc(/C=C/C(=O)O)cc1S(=O)(=O)N(C)c1ccccc1. The zero-order valence-corrected chi connectivity index (χ0v) is 14.0. The molecule has 0 saturated carbocycles. The molecule has 7 heteroatoms. The summed E-state index contributed by atoms with van der Waals surface area (Å²) >= 11 is 0. The molecule has 1 N–H and O–H groups in total. The third-order valence-electron chi connectivity index (χ3n) is 3.36. The van der Waals surface area contributed by atoms with Gasteiger partial charge in [-0.05, 0) is 35.9 Å². The minimum Gasteiger partial charge on any atom is -0.495 e. The highest BCUT2D eigenvalue weighted by molar-refractivity contribution is 7.92. The summed E-state index contributed by atoms with van der Waals surface area (Å²) in [6, 6.07) is 13.1. The fourth-order valence-electron chi connectivity index (χ4n) is 2.09. The van der Waals surface area contributed by atoms with Gasteiger partial charge in [-0.2, -0.15) is 0 Å². The van der Waals surface area contributed by atoms with Crippen LogP contribution in [-0.4, -0.2) is 33.7 Å². The van der Waals surface area contributed by atoms with Crippen LogP contribution in [0, 0.1) is 0 Å². The molecule has 0 atom stereocenters. The summed E-state index contributed by atoms with van der Waals surface area (Å²) in [5, 5.41) is 8.70. The molecule has 0 fully saturated rings. The van der Waals surface area contributed by atoms with Crippen molar-refractivity contribution >= 4 is 27.8 Å². The summed E-state index contributed by atoms with van der Waals surface area (Å²) in [6.45, 7) is 0. The number of anilines is 1. The molecule has 2 aromatic carbocycles. The van der Waals surface area contributed by atoms with Crippen LogP contribution >= 0.6 is 0 Å². The molecule has 0 saturated heterocycles. The number of para-hydroxylation sites is 1. The first-order valence-electron chi connectivity index (χ1n) is 6.99. The molecular weight excluding hydrogens is 330 g/mol. The van der Waals surface area contributed by atoms with Gasteiger partial charge in [0.2, 0.25) is 0 Å². The van der Waals surface area contributed by atoms with E-state index in [2.05, 4.69) is 0 Å². The number of aliphatic carboxylic acids is 1. The van der Waals surface area contributed by atoms with Gasteiger partial charge in [0.15, 0.2) is 0 Å². The predicted molar refractivity (Wildman–Crippen MR) is 91.7 cm³/mol. The fourth-order valence-corrected chi connectivity index (χ4v) is 3.48. The highest BCUT2D eigenvalue weighted by atomic mass is 32.2. The molecule has 126 valence electrons. The number of ether oxygens (including phenoxy) is 1. The van der Waals surface area contributed by atoms with E-state index in [1.54, 1.807) is 36.4 Å². The van der Waals surface area contributed by atoms with Gasteiger partial charge in [0.05, 0.1) is 12.8 Å². The van der Waals surface area contributed by atoms with Crippen LogP contribution in [0.1, 0.15) is 5.56 Å². The van der Waals surface area contributed by atoms with Crippen molar-refractivity contribution in [1.82, 2.24) is 0 Å². The lowest BCUT2D eigenvalue weighted by molar-refractivity contribution is -0.131. The highest BCUT2D eigenvalue weighted by Crippen LogP contribution is 2.30. The Hall–Kier alpha value is -2.80. The quantitative estimate of drug-likeness (QED) is 0.812. The van der Waals surface area contributed by atoms with E-state index < -0.39 is 16.0 Å². The number of hydrogen-bond donors (Lipinski definition) is 1. The number of hydrogen-bond acceptors (Lipinski definition) is 4. The summed E-state index contributed by atoms with van der Waals surface area (Å²) in [5.41, 5.74) is 0.948. The van der Waals surface area contributed by atoms with E-state index in [1.165, 1.54) is 32.4 Å². The van der Waals surface area contributed by atoms with E-state index in [4.69, 9.17) is 9.84 Å². The third-order valence-corrected chi connectivity index (χ3v) is 5.17. The van der Waals surface area contributed by atoms with Crippen molar-refractivity contribution in [2.75, 3.05) is 18.5 Å². The van der Waals surface area contributed by atoms with Gasteiger partial charge in [-0.3, -0.25) is 4.31 Å². The Labute approximate surface area is 140 Å². The second kappa shape index (κ2) is 7.18. The van der Waals surface area contributed by atoms with Gasteiger partial charge < -0.3 is 9.84 Å². The van der Waals surface area contributed by atoms with Crippen LogP contribution in [0.3, 0.4) is 0 Å². The topological polar surface area (TPSA) is 83.9 Å². The van der Waals surface area contributed by atoms with Crippen molar-refractivity contribution in [1.29, 1.82) is 0 Å². The molecular formula is C17H17NO5S. The average Bonchev–Trinajstić information content (AvgIpc) is 2.59. The van der Waals surface area contributed by atoms with E-state index in [1.807, 2.05) is 0 Å². The third kappa shape index (κ3) is 3.75. The van der Waals surface area contributed by atoms with Crippen LogP contribution in [-0.2, 0) is 14.8 Å². The Bertz CT molecular complexity index is 860. The zero-order chi connectivity index (χ0) is 17.7. The zero-order valence-electron chi connectivity index (χ0n) is 13.2. The Balaban J connectivity index is 2.52. The van der Waals surface area contributed by atoms with Crippen LogP contribution in [0.4, 0.5) is 5.69 Å². The lowest BCUT2D eigenvalue weighted by Crippen LogP contribution is -2.27. The van der Waals surface area contributed by atoms with Crippen LogP contribution in [0.2, 0.25) is 0 Å². The molecule has 6 nitrogen and oxygen atoms in total. The molecule has 0 aliphatic rings. The summed E-state index contributed by atoms with van der Waals surface area (Å²) in [5.74, 6) is -0.929. The van der Waals surface area contributed by atoms with Gasteiger partial charge >= 0.3 is 5.97 Å². The number of carboxylic acids is 1. The highest BCUT2D eigenvalue weighted by Gasteiger charge is 2.25. The average molecular weight is 347 g/mol. The number of sulfonamides is 1. The smallest absolute Gasteiger partial charge is 0.328 e. The number of rotatable bonds is 6. The minimum atomic E-state index is -3.87. The van der Waals surface area contributed by atoms with Crippen LogP contribution in [0.5, 0.6) is 5.75 Å². The molecule has 0 aliphatic carbocycles. The summed E-state index contributed by atoms with van der Waals surface area (Å²) in [6.07, 6.45) is 2.27. The molecule has 0 aromatic heterocycles. The first-order valence-corrected chi connectivity index (χ1v) is 8.43. The molecule has 0 amide bonds. The first kappa shape index (κ1) is 17.6. The number of benzene rings is 2. The summed E-state index contributed by atoms with van der Waals surface area (Å²) in [7, 11) is -1.04. The Morgan fingerprint density at radius 1 is 1.17 bits per heavy atom. The maximum Gasteiger partial charge on any atom is 0.328 e. The fraction of sp³-hybridized carbons (Fsp3) is 0.118. The van der Waals surface area contributed by atoms with Crippen LogP contribution in [0.15, 0.2) is 59.5 Å². The molecule has 0 radical (unpaired) electrons. The van der Waals surface area contributed by atoms with E-state index >= 15 is 0 Å². The monoisotopic (exact) mass is 347 g/mol. The van der Waals surface area contributed by atoms with E-state index in [-0.39, 0.29) is 10.6 Å². The van der Waals surface area contributed by atoms with Gasteiger partial charge in [-0.25, -0.2) is 13.2 Å². The van der Waals surface area contributed by atoms with E-state index in [9.17, 15) is 13.2 Å². The Kier molecular flexibility index (Phi) is 5.25. The van der Waals surface area contributed by atoms with Crippen molar-refractivity contribution < 1.29 is 23.1 Å². The molecule has 2 aromatic rings. The van der Waals surface area contributed by atoms with Crippen LogP contribution < -0.4 is 9.04 Å². The van der Waals surface area contributed by atoms with Gasteiger partial charge in [-0.15, -0.1) is 0 Å².